The Morgan fingerprint density at radius 3 is 2.81 bits per heavy atom. The summed E-state index contributed by atoms with van der Waals surface area (Å²) in [5, 5.41) is 6.72. The van der Waals surface area contributed by atoms with Gasteiger partial charge in [0, 0.05) is 19.2 Å². The molecule has 1 amide bonds. The van der Waals surface area contributed by atoms with E-state index in [-0.39, 0.29) is 13.0 Å². The van der Waals surface area contributed by atoms with Crippen LogP contribution >= 0.6 is 0 Å². The van der Waals surface area contributed by atoms with Gasteiger partial charge in [-0.3, -0.25) is 10.00 Å². The normalized spacial score (nSPS) is 11.4. The Morgan fingerprint density at radius 1 is 1.31 bits per heavy atom. The molecule has 142 valence electrons. The molecule has 2 rings (SSSR count). The predicted octanol–water partition coefficient (Wildman–Crippen LogP) is 5.07. The zero-order valence-corrected chi connectivity index (χ0v) is 15.4. The fourth-order valence-corrected chi connectivity index (χ4v) is 2.51. The number of amides is 1. The second-order valence-electron chi connectivity index (χ2n) is 6.65. The van der Waals surface area contributed by atoms with Crippen molar-refractivity contribution in [2.45, 2.75) is 59.1 Å². The predicted molar refractivity (Wildman–Crippen MR) is 96.4 cm³/mol. The van der Waals surface area contributed by atoms with Gasteiger partial charge < -0.3 is 4.74 Å². The molecule has 1 aromatic heterocycles. The molecule has 0 aliphatic carbocycles. The lowest BCUT2D eigenvalue weighted by atomic mass is 10.1. The van der Waals surface area contributed by atoms with Crippen LogP contribution in [0.3, 0.4) is 0 Å². The molecule has 0 saturated heterocycles. The van der Waals surface area contributed by atoms with Crippen LogP contribution in [0.15, 0.2) is 30.6 Å². The first kappa shape index (κ1) is 19.9. The number of halogens is 2. The van der Waals surface area contributed by atoms with Crippen LogP contribution in [-0.4, -0.2) is 21.8 Å². The van der Waals surface area contributed by atoms with E-state index in [0.29, 0.717) is 25.1 Å². The Balaban J connectivity index is 1.75. The largest absolute Gasteiger partial charge is 0.444 e. The molecule has 0 saturated carbocycles. The van der Waals surface area contributed by atoms with Crippen LogP contribution in [0.2, 0.25) is 0 Å². The Morgan fingerprint density at radius 2 is 2.08 bits per heavy atom. The first-order valence-electron chi connectivity index (χ1n) is 8.63. The van der Waals surface area contributed by atoms with Crippen molar-refractivity contribution in [3.05, 3.63) is 47.3 Å². The summed E-state index contributed by atoms with van der Waals surface area (Å²) >= 11 is 0. The Kier molecular flexibility index (Phi) is 6.71. The van der Waals surface area contributed by atoms with E-state index in [9.17, 15) is 13.6 Å². The van der Waals surface area contributed by atoms with E-state index in [2.05, 4.69) is 10.4 Å². The summed E-state index contributed by atoms with van der Waals surface area (Å²) in [5.41, 5.74) is 3.64. The van der Waals surface area contributed by atoms with E-state index in [4.69, 9.17) is 4.74 Å². The van der Waals surface area contributed by atoms with Gasteiger partial charge in [-0.25, -0.2) is 13.6 Å². The van der Waals surface area contributed by atoms with E-state index in [1.807, 2.05) is 32.0 Å². The number of aromatic nitrogens is 2. The Hall–Kier alpha value is -2.44. The minimum Gasteiger partial charge on any atom is -0.444 e. The number of anilines is 1. The standard InChI is InChI=1S/C19H25F2N3O2/c1-14-6-7-15(2)16(10-14)13-26-18(25)23-17-11-22-24(12-17)9-5-4-8-19(3,20)21/h6-7,10-12H,4-5,8-9,13H2,1-3H3,(H,23,25). The first-order chi connectivity index (χ1) is 12.2. The number of benzene rings is 1. The maximum Gasteiger partial charge on any atom is 0.412 e. The highest BCUT2D eigenvalue weighted by atomic mass is 19.3. The number of hydrogen-bond acceptors (Lipinski definition) is 3. The Labute approximate surface area is 152 Å². The molecule has 7 heteroatoms. The molecule has 0 bridgehead atoms. The summed E-state index contributed by atoms with van der Waals surface area (Å²) < 4.78 is 32.4. The second kappa shape index (κ2) is 8.78. The lowest BCUT2D eigenvalue weighted by Gasteiger charge is -2.09. The van der Waals surface area contributed by atoms with Gasteiger partial charge in [0.05, 0.1) is 11.9 Å². The van der Waals surface area contributed by atoms with Crippen LogP contribution in [0.4, 0.5) is 19.3 Å². The van der Waals surface area contributed by atoms with Crippen LogP contribution in [0.25, 0.3) is 0 Å². The van der Waals surface area contributed by atoms with Crippen molar-refractivity contribution in [1.29, 1.82) is 0 Å². The van der Waals surface area contributed by atoms with Gasteiger partial charge in [0.25, 0.3) is 0 Å². The van der Waals surface area contributed by atoms with Gasteiger partial charge in [-0.05, 0) is 44.7 Å². The van der Waals surface area contributed by atoms with E-state index >= 15 is 0 Å². The van der Waals surface area contributed by atoms with E-state index in [0.717, 1.165) is 23.6 Å². The van der Waals surface area contributed by atoms with Gasteiger partial charge in [0.2, 0.25) is 5.92 Å². The molecule has 5 nitrogen and oxygen atoms in total. The zero-order valence-electron chi connectivity index (χ0n) is 15.4. The van der Waals surface area contributed by atoms with Crippen LogP contribution in [-0.2, 0) is 17.9 Å². The first-order valence-corrected chi connectivity index (χ1v) is 8.63. The third kappa shape index (κ3) is 6.82. The molecule has 0 atom stereocenters. The van der Waals surface area contributed by atoms with Crippen molar-refractivity contribution in [3.63, 3.8) is 0 Å². The molecule has 0 unspecified atom stereocenters. The highest BCUT2D eigenvalue weighted by molar-refractivity contribution is 5.84. The minimum atomic E-state index is -2.63. The van der Waals surface area contributed by atoms with E-state index in [1.54, 1.807) is 10.9 Å². The summed E-state index contributed by atoms with van der Waals surface area (Å²) in [6.07, 6.45) is 3.49. The number of ether oxygens (including phenoxy) is 1. The number of rotatable bonds is 8. The van der Waals surface area contributed by atoms with Crippen molar-refractivity contribution < 1.29 is 18.3 Å². The monoisotopic (exact) mass is 365 g/mol. The molecule has 0 fully saturated rings. The minimum absolute atomic E-state index is 0.135. The van der Waals surface area contributed by atoms with E-state index < -0.39 is 12.0 Å². The van der Waals surface area contributed by atoms with Gasteiger partial charge in [-0.2, -0.15) is 5.10 Å². The number of aryl methyl sites for hydroxylation is 3. The topological polar surface area (TPSA) is 56.1 Å². The van der Waals surface area contributed by atoms with Gasteiger partial charge >= 0.3 is 6.09 Å². The van der Waals surface area contributed by atoms with Crippen LogP contribution < -0.4 is 5.32 Å². The zero-order chi connectivity index (χ0) is 19.2. The molecule has 2 aromatic rings. The lowest BCUT2D eigenvalue weighted by molar-refractivity contribution is 0.0102. The summed E-state index contributed by atoms with van der Waals surface area (Å²) in [6, 6.07) is 5.99. The molecule has 0 aliphatic heterocycles. The van der Waals surface area contributed by atoms with Crippen molar-refractivity contribution in [3.8, 4) is 0 Å². The van der Waals surface area contributed by atoms with Gasteiger partial charge in [0.15, 0.2) is 0 Å². The highest BCUT2D eigenvalue weighted by Gasteiger charge is 2.19. The average molecular weight is 365 g/mol. The summed E-state index contributed by atoms with van der Waals surface area (Å²) in [6.45, 7) is 5.59. The van der Waals surface area contributed by atoms with E-state index in [1.165, 1.54) is 6.20 Å². The Bertz CT molecular complexity index is 739. The molecular weight excluding hydrogens is 340 g/mol. The molecule has 0 radical (unpaired) electrons. The van der Waals surface area contributed by atoms with Crippen LogP contribution in [0, 0.1) is 13.8 Å². The van der Waals surface area contributed by atoms with Crippen molar-refractivity contribution in [2.75, 3.05) is 5.32 Å². The SMILES string of the molecule is Cc1ccc(C)c(COC(=O)Nc2cnn(CCCCC(C)(F)F)c2)c1. The third-order valence-electron chi connectivity index (χ3n) is 4.00. The number of carbonyl (C=O) groups is 1. The van der Waals surface area contributed by atoms with Gasteiger partial charge in [0.1, 0.15) is 6.61 Å². The fourth-order valence-electron chi connectivity index (χ4n) is 2.51. The lowest BCUT2D eigenvalue weighted by Crippen LogP contribution is -2.13. The number of alkyl halides is 2. The molecule has 1 heterocycles. The van der Waals surface area contributed by atoms with Crippen molar-refractivity contribution in [1.82, 2.24) is 9.78 Å². The smallest absolute Gasteiger partial charge is 0.412 e. The number of hydrogen-bond donors (Lipinski definition) is 1. The summed E-state index contributed by atoms with van der Waals surface area (Å²) in [4.78, 5) is 11.9. The highest BCUT2D eigenvalue weighted by Crippen LogP contribution is 2.20. The van der Waals surface area contributed by atoms with Gasteiger partial charge in [-0.1, -0.05) is 23.8 Å². The molecule has 1 N–H and O–H groups in total. The number of unbranched alkanes of at least 4 members (excludes halogenated alkanes) is 1. The van der Waals surface area contributed by atoms with Crippen molar-refractivity contribution in [2.24, 2.45) is 0 Å². The van der Waals surface area contributed by atoms with Gasteiger partial charge in [-0.15, -0.1) is 0 Å². The maximum absolute atomic E-state index is 12.8. The molecular formula is C19H25F2N3O2. The average Bonchev–Trinajstić information content (AvgIpc) is 2.99. The maximum atomic E-state index is 12.8. The van der Waals surface area contributed by atoms with Crippen LogP contribution in [0.5, 0.6) is 0 Å². The summed E-state index contributed by atoms with van der Waals surface area (Å²) in [5.74, 6) is -2.63. The summed E-state index contributed by atoms with van der Waals surface area (Å²) in [7, 11) is 0. The third-order valence-corrected chi connectivity index (χ3v) is 4.00. The molecule has 26 heavy (non-hydrogen) atoms. The number of nitrogens with zero attached hydrogens (tertiary/aromatic N) is 2. The number of nitrogens with one attached hydrogen (secondary N) is 1. The quantitative estimate of drug-likeness (QED) is 0.664. The fraction of sp³-hybridized carbons (Fsp3) is 0.474. The molecule has 0 aliphatic rings. The molecule has 0 spiro atoms. The number of carbonyl (C=O) groups excluding carboxylic acids is 1. The van der Waals surface area contributed by atoms with Crippen molar-refractivity contribution >= 4 is 11.8 Å². The second-order valence-corrected chi connectivity index (χ2v) is 6.65. The molecule has 1 aromatic carbocycles. The van der Waals surface area contributed by atoms with Crippen LogP contribution in [0.1, 0.15) is 42.9 Å².